The Kier molecular flexibility index (Phi) is 11.2. The predicted molar refractivity (Wildman–Crippen MR) is 88.9 cm³/mol. The second-order valence-electron chi connectivity index (χ2n) is 5.74. The van der Waals surface area contributed by atoms with E-state index in [-0.39, 0.29) is 13.4 Å². The molecular formula is C17H32O7. The lowest BCUT2D eigenvalue weighted by Gasteiger charge is -2.39. The molecule has 0 radical (unpaired) electrons. The molecule has 7 heteroatoms. The predicted octanol–water partition coefficient (Wildman–Crippen LogP) is 0.243. The summed E-state index contributed by atoms with van der Waals surface area (Å²) in [5.41, 5.74) is 0. The summed E-state index contributed by atoms with van der Waals surface area (Å²) in [5.74, 6) is 3.33. The van der Waals surface area contributed by atoms with Crippen LogP contribution in [0.3, 0.4) is 0 Å². The molecule has 2 aliphatic rings. The topological polar surface area (TPSA) is 109 Å². The van der Waals surface area contributed by atoms with Crippen molar-refractivity contribution in [3.63, 3.8) is 0 Å². The highest BCUT2D eigenvalue weighted by Gasteiger charge is 2.43. The first-order valence-electron chi connectivity index (χ1n) is 8.98. The normalized spacial score (nSPS) is 32.9. The van der Waals surface area contributed by atoms with Crippen LogP contribution in [0, 0.1) is 18.3 Å². The van der Waals surface area contributed by atoms with E-state index in [1.54, 1.807) is 0 Å². The average molecular weight is 349 g/mol. The van der Waals surface area contributed by atoms with E-state index in [9.17, 15) is 15.3 Å². The second-order valence-corrected chi connectivity index (χ2v) is 5.74. The molecule has 24 heavy (non-hydrogen) atoms. The molecule has 0 aromatic carbocycles. The Morgan fingerprint density at radius 1 is 1.25 bits per heavy atom. The molecule has 0 spiro atoms. The summed E-state index contributed by atoms with van der Waals surface area (Å²) in [6.45, 7) is 1.59. The van der Waals surface area contributed by atoms with Gasteiger partial charge in [0.05, 0.1) is 6.61 Å². The molecule has 1 saturated carbocycles. The maximum atomic E-state index is 9.54. The zero-order chi connectivity index (χ0) is 19.2. The first-order chi connectivity index (χ1) is 12.0. The zero-order valence-corrected chi connectivity index (χ0v) is 14.5. The molecule has 2 rings (SSSR count). The maximum absolute atomic E-state index is 9.54. The summed E-state index contributed by atoms with van der Waals surface area (Å²) in [5, 5.41) is 37.3. The standard InChI is InChI=1S/C10H16O7.C6H12.CH4/c1-2-3-15-5-16-10-9(14)8(13)7(12)6(4-11)17-10;1-2-6-4-3-5-6;/h1,6-14H,3-5H2;6H,2-5H2,1H3;1H4/i;;1D. The molecule has 142 valence electrons. The quantitative estimate of drug-likeness (QED) is 0.309. The van der Waals surface area contributed by atoms with Gasteiger partial charge in [0.25, 0.3) is 0 Å². The molecule has 4 N–H and O–H groups in total. The lowest BCUT2D eigenvalue weighted by molar-refractivity contribution is -0.315. The van der Waals surface area contributed by atoms with Crippen LogP contribution in [-0.4, -0.2) is 71.1 Å². The van der Waals surface area contributed by atoms with Crippen molar-refractivity contribution in [1.29, 1.82) is 0 Å². The van der Waals surface area contributed by atoms with E-state index in [0.717, 1.165) is 5.92 Å². The molecule has 0 aromatic heterocycles. The summed E-state index contributed by atoms with van der Waals surface area (Å²) < 4.78 is 20.6. The minimum Gasteiger partial charge on any atom is -0.394 e. The molecule has 1 aliphatic carbocycles. The lowest BCUT2D eigenvalue weighted by Crippen LogP contribution is -2.59. The Balaban J connectivity index is 0.000000596. The summed E-state index contributed by atoms with van der Waals surface area (Å²) >= 11 is 0. The minimum atomic E-state index is -1.46. The van der Waals surface area contributed by atoms with E-state index in [0.29, 0.717) is 0 Å². The minimum absolute atomic E-state index is 0.0391. The summed E-state index contributed by atoms with van der Waals surface area (Å²) in [7, 11) is 1.25. The van der Waals surface area contributed by atoms with Gasteiger partial charge < -0.3 is 34.6 Å². The molecule has 1 heterocycles. The van der Waals surface area contributed by atoms with Crippen LogP contribution in [0.4, 0.5) is 0 Å². The van der Waals surface area contributed by atoms with Gasteiger partial charge in [-0.25, -0.2) is 0 Å². The van der Waals surface area contributed by atoms with Crippen molar-refractivity contribution in [1.82, 2.24) is 0 Å². The van der Waals surface area contributed by atoms with Crippen molar-refractivity contribution in [2.75, 3.05) is 20.0 Å². The molecule has 0 amide bonds. The van der Waals surface area contributed by atoms with Crippen LogP contribution in [0.2, 0.25) is 0 Å². The number of hydrogen-bond acceptors (Lipinski definition) is 7. The third kappa shape index (κ3) is 7.03. The van der Waals surface area contributed by atoms with Crippen molar-refractivity contribution in [2.45, 2.75) is 70.7 Å². The van der Waals surface area contributed by atoms with Crippen LogP contribution in [0.15, 0.2) is 0 Å². The summed E-state index contributed by atoms with van der Waals surface area (Å²) in [6, 6.07) is 0. The number of hydrogen-bond donors (Lipinski definition) is 4. The van der Waals surface area contributed by atoms with Gasteiger partial charge in [0.15, 0.2) is 13.1 Å². The van der Waals surface area contributed by atoms with Crippen LogP contribution in [0.5, 0.6) is 0 Å². The maximum Gasteiger partial charge on any atom is 0.189 e. The Labute approximate surface area is 146 Å². The number of rotatable bonds is 6. The van der Waals surface area contributed by atoms with Crippen molar-refractivity contribution in [2.24, 2.45) is 5.92 Å². The second kappa shape index (κ2) is 12.6. The fraction of sp³-hybridized carbons (Fsp3) is 0.882. The molecule has 0 bridgehead atoms. The van der Waals surface area contributed by atoms with Gasteiger partial charge in [0, 0.05) is 1.37 Å². The van der Waals surface area contributed by atoms with Crippen molar-refractivity contribution in [3.8, 4) is 12.3 Å². The number of aliphatic hydroxyl groups excluding tert-OH is 4. The van der Waals surface area contributed by atoms with Crippen LogP contribution >= 0.6 is 0 Å². The Morgan fingerprint density at radius 3 is 2.33 bits per heavy atom. The highest BCUT2D eigenvalue weighted by molar-refractivity contribution is 4.88. The van der Waals surface area contributed by atoms with Crippen LogP contribution in [0.25, 0.3) is 0 Å². The molecule has 1 aliphatic heterocycles. The van der Waals surface area contributed by atoms with Gasteiger partial charge in [0.1, 0.15) is 31.0 Å². The fourth-order valence-corrected chi connectivity index (χ4v) is 2.32. The number of terminal acetylenes is 1. The molecule has 2 fully saturated rings. The van der Waals surface area contributed by atoms with Crippen molar-refractivity contribution < 1.29 is 36.0 Å². The molecule has 5 atom stereocenters. The van der Waals surface area contributed by atoms with Crippen LogP contribution in [-0.2, 0) is 14.2 Å². The first-order valence-corrected chi connectivity index (χ1v) is 7.98. The van der Waals surface area contributed by atoms with E-state index in [1.165, 1.54) is 33.1 Å². The van der Waals surface area contributed by atoms with Crippen LogP contribution < -0.4 is 0 Å². The van der Waals surface area contributed by atoms with Gasteiger partial charge in [-0.2, -0.15) is 0 Å². The lowest BCUT2D eigenvalue weighted by atomic mass is 9.84. The molecular weight excluding hydrogens is 316 g/mol. The van der Waals surface area contributed by atoms with Gasteiger partial charge in [-0.15, -0.1) is 6.42 Å². The third-order valence-corrected chi connectivity index (χ3v) is 4.15. The van der Waals surface area contributed by atoms with E-state index < -0.39 is 37.3 Å². The smallest absolute Gasteiger partial charge is 0.189 e. The monoisotopic (exact) mass is 349 g/mol. The van der Waals surface area contributed by atoms with E-state index in [4.69, 9.17) is 27.1 Å². The third-order valence-electron chi connectivity index (χ3n) is 4.15. The Bertz CT molecular complexity index is 355. The Morgan fingerprint density at radius 2 is 1.92 bits per heavy atom. The van der Waals surface area contributed by atoms with Gasteiger partial charge >= 0.3 is 0 Å². The van der Waals surface area contributed by atoms with E-state index in [2.05, 4.69) is 12.8 Å². The highest BCUT2D eigenvalue weighted by atomic mass is 16.8. The molecule has 7 nitrogen and oxygen atoms in total. The average Bonchev–Trinajstić information content (AvgIpc) is 2.60. The largest absolute Gasteiger partial charge is 0.394 e. The highest BCUT2D eigenvalue weighted by Crippen LogP contribution is 2.28. The Hall–Kier alpha value is -0.720. The van der Waals surface area contributed by atoms with Crippen molar-refractivity contribution >= 4 is 0 Å². The number of ether oxygens (including phenoxy) is 3. The molecule has 1 saturated heterocycles. The summed E-state index contributed by atoms with van der Waals surface area (Å²) in [6.07, 6.45) is 4.40. The van der Waals surface area contributed by atoms with Gasteiger partial charge in [-0.3, -0.25) is 0 Å². The van der Waals surface area contributed by atoms with Gasteiger partial charge in [0.2, 0.25) is 0 Å². The first kappa shape index (κ1) is 21.3. The molecule has 0 aromatic rings. The van der Waals surface area contributed by atoms with Gasteiger partial charge in [-0.05, 0) is 5.92 Å². The van der Waals surface area contributed by atoms with E-state index in [1.807, 2.05) is 0 Å². The van der Waals surface area contributed by atoms with Crippen LogP contribution in [0.1, 0.15) is 41.4 Å². The van der Waals surface area contributed by atoms with Gasteiger partial charge in [-0.1, -0.05) is 45.9 Å². The van der Waals surface area contributed by atoms with Crippen molar-refractivity contribution in [3.05, 3.63) is 0 Å². The molecule has 5 unspecified atom stereocenters. The van der Waals surface area contributed by atoms with E-state index >= 15 is 0 Å². The SMILES string of the molecule is C#CCOCOC1OC(CO)C(O)C(O)C1O.CCC1CCC1.[2H]C. The summed E-state index contributed by atoms with van der Waals surface area (Å²) in [4.78, 5) is 0. The zero-order valence-electron chi connectivity index (χ0n) is 15.5. The fourth-order valence-electron chi connectivity index (χ4n) is 2.32. The number of aliphatic hydroxyl groups is 4.